The van der Waals surface area contributed by atoms with E-state index in [2.05, 4.69) is 32.6 Å². The number of rotatable bonds is 12. The zero-order valence-corrected chi connectivity index (χ0v) is 22.8. The number of halogens is 3. The van der Waals surface area contributed by atoms with Crippen LogP contribution in [0.3, 0.4) is 0 Å². The summed E-state index contributed by atoms with van der Waals surface area (Å²) in [5.74, 6) is -2.63. The van der Waals surface area contributed by atoms with E-state index >= 15 is 0 Å². The summed E-state index contributed by atoms with van der Waals surface area (Å²) in [6, 6.07) is 9.50. The molecule has 2 heterocycles. The second-order valence-electron chi connectivity index (χ2n) is 10.3. The van der Waals surface area contributed by atoms with Crippen molar-refractivity contribution in [3.63, 3.8) is 0 Å². The van der Waals surface area contributed by atoms with Crippen LogP contribution in [0.4, 0.5) is 13.2 Å². The first-order valence-electron chi connectivity index (χ1n) is 13.3. The molecule has 2 aliphatic heterocycles. The maximum Gasteiger partial charge on any atom is 0.450 e. The van der Waals surface area contributed by atoms with Crippen molar-refractivity contribution in [1.29, 1.82) is 0 Å². The van der Waals surface area contributed by atoms with E-state index in [9.17, 15) is 27.6 Å². The lowest BCUT2D eigenvalue weighted by molar-refractivity contribution is -0.167. The molecule has 0 saturated carbocycles. The minimum atomic E-state index is -4.83. The largest absolute Gasteiger partial charge is 0.450 e. The SMILES string of the molecule is CN1CCC(C(=O)N[C@@H](CCCSCC(=O)C(F)(F)F)C(=O)NC2CCN(Cc3ccccc3)CC2)CC1. The molecule has 212 valence electrons. The third-order valence-corrected chi connectivity index (χ3v) is 8.28. The molecule has 38 heavy (non-hydrogen) atoms. The van der Waals surface area contributed by atoms with Crippen molar-refractivity contribution in [1.82, 2.24) is 20.4 Å². The van der Waals surface area contributed by atoms with Crippen molar-refractivity contribution in [3.8, 4) is 0 Å². The minimum absolute atomic E-state index is 0.0102. The van der Waals surface area contributed by atoms with E-state index in [1.807, 2.05) is 25.2 Å². The van der Waals surface area contributed by atoms with Gasteiger partial charge in [-0.05, 0) is 70.0 Å². The number of ketones is 1. The van der Waals surface area contributed by atoms with Crippen LogP contribution in [0.25, 0.3) is 0 Å². The van der Waals surface area contributed by atoms with E-state index in [0.717, 1.165) is 70.2 Å². The van der Waals surface area contributed by atoms with E-state index in [-0.39, 0.29) is 23.8 Å². The summed E-state index contributed by atoms with van der Waals surface area (Å²) in [4.78, 5) is 41.7. The molecule has 2 saturated heterocycles. The number of piperidine rings is 2. The number of Topliss-reactive ketones (excluding diaryl/α,β-unsaturated/α-hetero) is 1. The van der Waals surface area contributed by atoms with E-state index in [0.29, 0.717) is 18.6 Å². The number of hydrogen-bond acceptors (Lipinski definition) is 6. The Kier molecular flexibility index (Phi) is 11.9. The summed E-state index contributed by atoms with van der Waals surface area (Å²) in [7, 11) is 2.01. The van der Waals surface area contributed by atoms with Gasteiger partial charge in [-0.1, -0.05) is 30.3 Å². The summed E-state index contributed by atoms with van der Waals surface area (Å²) < 4.78 is 37.3. The molecule has 1 aromatic rings. The first kappa shape index (κ1) is 30.4. The van der Waals surface area contributed by atoms with Gasteiger partial charge in [0.25, 0.3) is 0 Å². The van der Waals surface area contributed by atoms with E-state index in [4.69, 9.17) is 0 Å². The van der Waals surface area contributed by atoms with Crippen LogP contribution in [0.2, 0.25) is 0 Å². The number of nitrogens with one attached hydrogen (secondary N) is 2. The van der Waals surface area contributed by atoms with Gasteiger partial charge >= 0.3 is 6.18 Å². The molecule has 0 aromatic heterocycles. The Bertz CT molecular complexity index is 903. The average Bonchev–Trinajstić information content (AvgIpc) is 2.89. The Morgan fingerprint density at radius 2 is 1.68 bits per heavy atom. The van der Waals surface area contributed by atoms with Crippen LogP contribution >= 0.6 is 11.8 Å². The van der Waals surface area contributed by atoms with Crippen molar-refractivity contribution in [2.45, 2.75) is 63.3 Å². The first-order chi connectivity index (χ1) is 18.1. The van der Waals surface area contributed by atoms with E-state index in [1.165, 1.54) is 5.56 Å². The van der Waals surface area contributed by atoms with Gasteiger partial charge in [-0.3, -0.25) is 19.3 Å². The highest BCUT2D eigenvalue weighted by molar-refractivity contribution is 7.99. The Labute approximate surface area is 227 Å². The first-order valence-corrected chi connectivity index (χ1v) is 14.5. The van der Waals surface area contributed by atoms with Crippen LogP contribution in [0.1, 0.15) is 44.1 Å². The topological polar surface area (TPSA) is 81.8 Å². The lowest BCUT2D eigenvalue weighted by Crippen LogP contribution is -2.53. The average molecular weight is 557 g/mol. The number of nitrogens with zero attached hydrogens (tertiary/aromatic N) is 2. The number of alkyl halides is 3. The fourth-order valence-electron chi connectivity index (χ4n) is 4.84. The third-order valence-electron chi connectivity index (χ3n) is 7.24. The highest BCUT2D eigenvalue weighted by Gasteiger charge is 2.37. The summed E-state index contributed by atoms with van der Waals surface area (Å²) in [5.41, 5.74) is 1.25. The summed E-state index contributed by atoms with van der Waals surface area (Å²) >= 11 is 0.901. The third kappa shape index (κ3) is 10.2. The van der Waals surface area contributed by atoms with Crippen molar-refractivity contribution in [3.05, 3.63) is 35.9 Å². The van der Waals surface area contributed by atoms with Crippen molar-refractivity contribution >= 4 is 29.4 Å². The van der Waals surface area contributed by atoms with Gasteiger partial charge in [0.1, 0.15) is 6.04 Å². The molecule has 2 fully saturated rings. The van der Waals surface area contributed by atoms with Crippen LogP contribution < -0.4 is 10.6 Å². The smallest absolute Gasteiger partial charge is 0.351 e. The Morgan fingerprint density at radius 1 is 1.03 bits per heavy atom. The predicted octanol–water partition coefficient (Wildman–Crippen LogP) is 3.24. The summed E-state index contributed by atoms with van der Waals surface area (Å²) in [6.45, 7) is 4.22. The quantitative estimate of drug-likeness (QED) is 0.385. The van der Waals surface area contributed by atoms with Crippen molar-refractivity contribution < 1.29 is 27.6 Å². The number of likely N-dealkylation sites (tertiary alicyclic amines) is 2. The van der Waals surface area contributed by atoms with Gasteiger partial charge in [-0.25, -0.2) is 0 Å². The number of carbonyl (C=O) groups excluding carboxylic acids is 3. The fraction of sp³-hybridized carbons (Fsp3) is 0.667. The lowest BCUT2D eigenvalue weighted by atomic mass is 9.95. The molecule has 1 atom stereocenters. The molecular formula is C27H39F3N4O3S. The van der Waals surface area contributed by atoms with Crippen LogP contribution in [0.15, 0.2) is 30.3 Å². The second-order valence-corrected chi connectivity index (χ2v) is 11.4. The molecular weight excluding hydrogens is 517 g/mol. The second kappa shape index (κ2) is 14.9. The van der Waals surface area contributed by atoms with Crippen LogP contribution in [0.5, 0.6) is 0 Å². The molecule has 3 rings (SSSR count). The maximum absolute atomic E-state index is 13.2. The highest BCUT2D eigenvalue weighted by Crippen LogP contribution is 2.20. The normalized spacial score (nSPS) is 19.2. The molecule has 11 heteroatoms. The minimum Gasteiger partial charge on any atom is -0.351 e. The monoisotopic (exact) mass is 556 g/mol. The number of benzene rings is 1. The van der Waals surface area contributed by atoms with Crippen LogP contribution in [0, 0.1) is 5.92 Å². The van der Waals surface area contributed by atoms with Gasteiger partial charge in [0.15, 0.2) is 0 Å². The molecule has 2 N–H and O–H groups in total. The zero-order chi connectivity index (χ0) is 27.5. The van der Waals surface area contributed by atoms with Gasteiger partial charge < -0.3 is 15.5 Å². The molecule has 1 aromatic carbocycles. The number of amides is 2. The molecule has 0 spiro atoms. The van der Waals surface area contributed by atoms with Crippen molar-refractivity contribution in [2.24, 2.45) is 5.92 Å². The number of hydrogen-bond donors (Lipinski definition) is 2. The molecule has 0 unspecified atom stereocenters. The lowest BCUT2D eigenvalue weighted by Gasteiger charge is -2.33. The van der Waals surface area contributed by atoms with Gasteiger partial charge in [-0.2, -0.15) is 24.9 Å². The Balaban J connectivity index is 1.48. The standard InChI is InChI=1S/C27H39F3N4O3S/c1-33-13-9-21(10-14-33)25(36)32-23(8-5-17-38-19-24(35)27(28,29)30)26(37)31-22-11-15-34(16-12-22)18-20-6-3-2-4-7-20/h2-4,6-7,21-23H,5,8-19H2,1H3,(H,31,37)(H,32,36)/t23-/m0/s1. The van der Waals surface area contributed by atoms with Gasteiger partial charge in [0.2, 0.25) is 17.6 Å². The fourth-order valence-corrected chi connectivity index (χ4v) is 5.71. The van der Waals surface area contributed by atoms with Gasteiger partial charge in [-0.15, -0.1) is 0 Å². The van der Waals surface area contributed by atoms with Crippen molar-refractivity contribution in [2.75, 3.05) is 44.7 Å². The maximum atomic E-state index is 13.2. The van der Waals surface area contributed by atoms with E-state index in [1.54, 1.807) is 0 Å². The molecule has 0 bridgehead atoms. The molecule has 2 amide bonds. The van der Waals surface area contributed by atoms with Crippen LogP contribution in [-0.4, -0.2) is 90.4 Å². The highest BCUT2D eigenvalue weighted by atomic mass is 32.2. The van der Waals surface area contributed by atoms with Gasteiger partial charge in [0.05, 0.1) is 5.75 Å². The Hall–Kier alpha value is -2.11. The Morgan fingerprint density at radius 3 is 2.32 bits per heavy atom. The summed E-state index contributed by atoms with van der Waals surface area (Å²) in [5, 5.41) is 6.02. The predicted molar refractivity (Wildman–Crippen MR) is 143 cm³/mol. The molecule has 0 radical (unpaired) electrons. The zero-order valence-electron chi connectivity index (χ0n) is 22.0. The summed E-state index contributed by atoms with van der Waals surface area (Å²) in [6.07, 6.45) is -1.03. The van der Waals surface area contributed by atoms with Gasteiger partial charge in [0, 0.05) is 31.6 Å². The number of thioether (sulfide) groups is 1. The molecule has 0 aliphatic carbocycles. The molecule has 2 aliphatic rings. The number of carbonyl (C=O) groups is 3. The van der Waals surface area contributed by atoms with E-state index < -0.39 is 23.8 Å². The molecule has 7 nitrogen and oxygen atoms in total. The van der Waals surface area contributed by atoms with Crippen LogP contribution in [-0.2, 0) is 20.9 Å².